The van der Waals surface area contributed by atoms with E-state index in [1.54, 1.807) is 18.0 Å². The van der Waals surface area contributed by atoms with Crippen LogP contribution in [0, 0.1) is 11.7 Å². The second kappa shape index (κ2) is 11.4. The van der Waals surface area contributed by atoms with Gasteiger partial charge in [-0.05, 0) is 88.3 Å². The zero-order valence-corrected chi connectivity index (χ0v) is 22.8. The molecular weight excluding hydrogens is 463 g/mol. The van der Waals surface area contributed by atoms with Crippen LogP contribution >= 0.6 is 0 Å². The smallest absolute Gasteiger partial charge is 0.256 e. The van der Waals surface area contributed by atoms with Crippen molar-refractivity contribution in [1.29, 1.82) is 0 Å². The highest BCUT2D eigenvalue weighted by molar-refractivity contribution is 5.98. The largest absolute Gasteiger partial charge is 0.386 e. The van der Waals surface area contributed by atoms with E-state index in [4.69, 9.17) is 0 Å². The molecule has 1 aromatic carbocycles. The Hall–Kier alpha value is -2.60. The van der Waals surface area contributed by atoms with Crippen molar-refractivity contribution < 1.29 is 9.18 Å². The third-order valence-corrected chi connectivity index (χ3v) is 8.93. The highest BCUT2D eigenvalue weighted by atomic mass is 19.1. The minimum absolute atomic E-state index is 0.0302. The summed E-state index contributed by atoms with van der Waals surface area (Å²) < 4.78 is 16.4. The number of carbonyl (C=O) groups is 1. The molecule has 1 aliphatic carbocycles. The van der Waals surface area contributed by atoms with Crippen molar-refractivity contribution in [1.82, 2.24) is 19.7 Å². The summed E-state index contributed by atoms with van der Waals surface area (Å²) in [4.78, 5) is 17.7. The third kappa shape index (κ3) is 5.64. The molecule has 3 heterocycles. The Balaban J connectivity index is 1.39. The fraction of sp³-hybridized carbons (Fsp3) is 0.581. The molecule has 3 aliphatic rings. The number of amides is 1. The van der Waals surface area contributed by atoms with Crippen molar-refractivity contribution in [2.75, 3.05) is 33.2 Å². The van der Waals surface area contributed by atoms with Crippen LogP contribution in [0.2, 0.25) is 0 Å². The van der Waals surface area contributed by atoms with Gasteiger partial charge >= 0.3 is 0 Å². The Morgan fingerprint density at radius 1 is 1.14 bits per heavy atom. The van der Waals surface area contributed by atoms with E-state index in [2.05, 4.69) is 27.1 Å². The molecule has 2 fully saturated rings. The highest BCUT2D eigenvalue weighted by Gasteiger charge is 2.26. The first-order valence-corrected chi connectivity index (χ1v) is 14.4. The Bertz CT molecular complexity index is 1220. The minimum Gasteiger partial charge on any atom is -0.386 e. The Kier molecular flexibility index (Phi) is 8.04. The van der Waals surface area contributed by atoms with Gasteiger partial charge in [0.2, 0.25) is 0 Å². The van der Waals surface area contributed by atoms with Gasteiger partial charge in [-0.1, -0.05) is 38.2 Å². The summed E-state index contributed by atoms with van der Waals surface area (Å²) in [5, 5.41) is 5.66. The van der Waals surface area contributed by atoms with E-state index in [-0.39, 0.29) is 17.8 Å². The number of rotatable bonds is 7. The van der Waals surface area contributed by atoms with Crippen molar-refractivity contribution in [3.63, 3.8) is 0 Å². The first-order chi connectivity index (χ1) is 17.9. The Labute approximate surface area is 221 Å². The van der Waals surface area contributed by atoms with Gasteiger partial charge in [-0.15, -0.1) is 0 Å². The number of benzene rings is 1. The van der Waals surface area contributed by atoms with Crippen LogP contribution in [0.3, 0.4) is 0 Å². The molecule has 200 valence electrons. The number of likely N-dealkylation sites (tertiary alicyclic amines) is 1. The summed E-state index contributed by atoms with van der Waals surface area (Å²) in [6.07, 6.45) is 17.3. The van der Waals surface area contributed by atoms with Crippen molar-refractivity contribution >= 4 is 18.2 Å². The maximum absolute atomic E-state index is 14.3. The summed E-state index contributed by atoms with van der Waals surface area (Å²) in [6, 6.07) is 4.62. The van der Waals surface area contributed by atoms with E-state index >= 15 is 0 Å². The number of hydrogen-bond donors (Lipinski definition) is 1. The van der Waals surface area contributed by atoms with Crippen LogP contribution in [0.5, 0.6) is 0 Å². The van der Waals surface area contributed by atoms with Gasteiger partial charge in [0.1, 0.15) is 5.82 Å². The van der Waals surface area contributed by atoms with E-state index in [0.717, 1.165) is 49.4 Å². The molecule has 0 spiro atoms. The minimum atomic E-state index is -0.389. The van der Waals surface area contributed by atoms with Crippen LogP contribution in [0.25, 0.3) is 18.0 Å². The summed E-state index contributed by atoms with van der Waals surface area (Å²) in [5.41, 5.74) is 2.50. The maximum atomic E-state index is 14.3. The predicted octanol–water partition coefficient (Wildman–Crippen LogP) is 4.37. The van der Waals surface area contributed by atoms with E-state index < -0.39 is 0 Å². The second-order valence-corrected chi connectivity index (χ2v) is 11.6. The van der Waals surface area contributed by atoms with Crippen LogP contribution in [0.15, 0.2) is 24.4 Å². The number of carbonyl (C=O) groups excluding carboxylic acids is 1. The number of aromatic nitrogens is 1. The Morgan fingerprint density at radius 3 is 2.62 bits per heavy atom. The van der Waals surface area contributed by atoms with Crippen LogP contribution in [0.4, 0.5) is 4.39 Å². The molecular formula is C31H43FN4O. The molecule has 1 N–H and O–H groups in total. The monoisotopic (exact) mass is 506 g/mol. The maximum Gasteiger partial charge on any atom is 0.256 e. The lowest BCUT2D eigenvalue weighted by molar-refractivity contribution is 0.0754. The van der Waals surface area contributed by atoms with E-state index in [1.807, 2.05) is 20.0 Å². The number of halogens is 1. The zero-order chi connectivity index (χ0) is 25.9. The number of piperidine rings is 1. The van der Waals surface area contributed by atoms with E-state index in [1.165, 1.54) is 68.0 Å². The van der Waals surface area contributed by atoms with Gasteiger partial charge in [-0.2, -0.15) is 0 Å². The molecule has 1 aromatic heterocycles. The van der Waals surface area contributed by atoms with E-state index in [9.17, 15) is 9.18 Å². The summed E-state index contributed by atoms with van der Waals surface area (Å²) in [7, 11) is 1.78. The molecule has 37 heavy (non-hydrogen) atoms. The molecule has 1 amide bonds. The van der Waals surface area contributed by atoms with Crippen molar-refractivity contribution in [2.45, 2.75) is 77.2 Å². The van der Waals surface area contributed by atoms with E-state index in [0.29, 0.717) is 11.5 Å². The third-order valence-electron chi connectivity index (χ3n) is 8.93. The molecule has 6 heteroatoms. The number of hydrogen-bond acceptors (Lipinski definition) is 3. The SMILES string of the molecule is CC(C)N(C)C(=O)c1cc(F)ccc1-n1cc(C2CCN(CCC3CCCCC3)CC2)c2c1=CNCC=2. The van der Waals surface area contributed by atoms with Gasteiger partial charge in [0, 0.05) is 37.2 Å². The Morgan fingerprint density at radius 2 is 1.89 bits per heavy atom. The lowest BCUT2D eigenvalue weighted by Crippen LogP contribution is -2.39. The van der Waals surface area contributed by atoms with Crippen LogP contribution < -0.4 is 15.9 Å². The van der Waals surface area contributed by atoms with Gasteiger partial charge in [0.15, 0.2) is 0 Å². The molecule has 2 aliphatic heterocycles. The fourth-order valence-electron chi connectivity index (χ4n) is 6.39. The molecule has 0 atom stereocenters. The molecule has 0 radical (unpaired) electrons. The van der Waals surface area contributed by atoms with Gasteiger partial charge in [0.25, 0.3) is 5.91 Å². The molecule has 2 aromatic rings. The van der Waals surface area contributed by atoms with Crippen LogP contribution in [0.1, 0.15) is 87.1 Å². The van der Waals surface area contributed by atoms with Gasteiger partial charge in [-0.25, -0.2) is 4.39 Å². The standard InChI is InChI=1S/C31H43FN4O/c1-22(2)34(3)31(37)27-19-25(32)9-10-29(27)36-21-28(26-11-15-33-20-30(26)36)24-13-17-35(18-14-24)16-12-23-7-5-4-6-8-23/h9-11,19-24,33H,4-8,12-18H2,1-3H3. The summed E-state index contributed by atoms with van der Waals surface area (Å²) in [5.74, 6) is 0.890. The normalized spacial score (nSPS) is 19.2. The second-order valence-electron chi connectivity index (χ2n) is 11.6. The molecule has 5 nitrogen and oxygen atoms in total. The van der Waals surface area contributed by atoms with Crippen molar-refractivity contribution in [3.05, 3.63) is 51.9 Å². The van der Waals surface area contributed by atoms with Crippen LogP contribution in [-0.2, 0) is 0 Å². The highest BCUT2D eigenvalue weighted by Crippen LogP contribution is 2.30. The topological polar surface area (TPSA) is 40.5 Å². The average molecular weight is 507 g/mol. The molecule has 5 rings (SSSR count). The molecule has 1 saturated carbocycles. The van der Waals surface area contributed by atoms with Gasteiger partial charge in [-0.3, -0.25) is 4.79 Å². The van der Waals surface area contributed by atoms with Crippen molar-refractivity contribution in [3.8, 4) is 5.69 Å². The average Bonchev–Trinajstić information content (AvgIpc) is 3.31. The molecule has 0 bridgehead atoms. The summed E-state index contributed by atoms with van der Waals surface area (Å²) in [6.45, 7) is 8.29. The first kappa shape index (κ1) is 26.0. The predicted molar refractivity (Wildman–Crippen MR) is 149 cm³/mol. The van der Waals surface area contributed by atoms with Crippen molar-refractivity contribution in [2.24, 2.45) is 5.92 Å². The summed E-state index contributed by atoms with van der Waals surface area (Å²) >= 11 is 0. The van der Waals surface area contributed by atoms with Gasteiger partial charge < -0.3 is 19.7 Å². The lowest BCUT2D eigenvalue weighted by Gasteiger charge is -2.33. The first-order valence-electron chi connectivity index (χ1n) is 14.4. The number of nitrogens with one attached hydrogen (secondary N) is 1. The van der Waals surface area contributed by atoms with Crippen LogP contribution in [-0.4, -0.2) is 59.5 Å². The van der Waals surface area contributed by atoms with Gasteiger partial charge in [0.05, 0.1) is 16.6 Å². The number of nitrogens with zero attached hydrogens (tertiary/aromatic N) is 3. The zero-order valence-electron chi connectivity index (χ0n) is 22.8. The number of fused-ring (bicyclic) bond motifs is 1. The fourth-order valence-corrected chi connectivity index (χ4v) is 6.39. The lowest BCUT2D eigenvalue weighted by atomic mass is 9.86. The molecule has 0 unspecified atom stereocenters. The molecule has 1 saturated heterocycles. The quantitative estimate of drug-likeness (QED) is 0.606.